The monoisotopic (exact) mass is 325 g/mol. The van der Waals surface area contributed by atoms with E-state index in [-0.39, 0.29) is 17.2 Å². The van der Waals surface area contributed by atoms with E-state index in [0.29, 0.717) is 17.9 Å². The molecule has 0 spiro atoms. The van der Waals surface area contributed by atoms with Gasteiger partial charge >= 0.3 is 0 Å². The summed E-state index contributed by atoms with van der Waals surface area (Å²) in [6, 6.07) is 7.47. The molecule has 0 saturated heterocycles. The second-order valence-electron chi connectivity index (χ2n) is 6.50. The topological polar surface area (TPSA) is 99.8 Å². The van der Waals surface area contributed by atoms with Gasteiger partial charge in [0.2, 0.25) is 5.82 Å². The van der Waals surface area contributed by atoms with Gasteiger partial charge in [0.15, 0.2) is 0 Å². The molecule has 0 aliphatic rings. The van der Waals surface area contributed by atoms with Crippen molar-refractivity contribution in [2.24, 2.45) is 5.73 Å². The third-order valence-corrected chi connectivity index (χ3v) is 3.60. The van der Waals surface area contributed by atoms with Crippen molar-refractivity contribution in [3.63, 3.8) is 0 Å². The van der Waals surface area contributed by atoms with Crippen molar-refractivity contribution in [3.8, 4) is 11.4 Å². The molecular weight excluding hydrogens is 306 g/mol. The number of benzene rings is 1. The van der Waals surface area contributed by atoms with Gasteiger partial charge in [0.25, 0.3) is 11.7 Å². The van der Waals surface area contributed by atoms with Crippen molar-refractivity contribution in [1.29, 1.82) is 0 Å². The maximum Gasteiger partial charge on any atom is 0.299 e. The Bertz CT molecular complexity index is 856. The van der Waals surface area contributed by atoms with Crippen LogP contribution in [0.1, 0.15) is 42.6 Å². The molecule has 0 bridgehead atoms. The number of carbonyl (C=O) groups is 1. The van der Waals surface area contributed by atoms with E-state index in [1.54, 1.807) is 10.9 Å². The normalized spacial score (nSPS) is 11.7. The molecule has 7 heteroatoms. The van der Waals surface area contributed by atoms with Gasteiger partial charge in [-0.1, -0.05) is 29.4 Å². The maximum atomic E-state index is 12.5. The Morgan fingerprint density at radius 3 is 2.54 bits per heavy atom. The molecule has 7 nitrogen and oxygen atoms in total. The third-order valence-electron chi connectivity index (χ3n) is 3.60. The summed E-state index contributed by atoms with van der Waals surface area (Å²) in [5, 5.41) is 8.09. The van der Waals surface area contributed by atoms with Crippen LogP contribution in [-0.2, 0) is 12.1 Å². The average Bonchev–Trinajstić information content (AvgIpc) is 3.23. The summed E-state index contributed by atoms with van der Waals surface area (Å²) in [6.07, 6.45) is 3.19. The van der Waals surface area contributed by atoms with Crippen LogP contribution < -0.4 is 5.73 Å². The number of aromatic nitrogens is 4. The zero-order valence-electron chi connectivity index (χ0n) is 13.9. The molecule has 0 amide bonds. The first kappa shape index (κ1) is 16.1. The lowest BCUT2D eigenvalue weighted by Gasteiger charge is -2.18. The van der Waals surface area contributed by atoms with E-state index in [9.17, 15) is 4.79 Å². The van der Waals surface area contributed by atoms with Gasteiger partial charge in [-0.3, -0.25) is 9.48 Å². The van der Waals surface area contributed by atoms with E-state index in [4.69, 9.17) is 10.3 Å². The van der Waals surface area contributed by atoms with Crippen LogP contribution in [0.25, 0.3) is 11.4 Å². The first-order chi connectivity index (χ1) is 11.4. The summed E-state index contributed by atoms with van der Waals surface area (Å²) in [7, 11) is 0. The van der Waals surface area contributed by atoms with Crippen LogP contribution in [0.5, 0.6) is 0 Å². The molecule has 24 heavy (non-hydrogen) atoms. The van der Waals surface area contributed by atoms with Gasteiger partial charge in [-0.25, -0.2) is 0 Å². The molecule has 0 unspecified atom stereocenters. The van der Waals surface area contributed by atoms with Gasteiger partial charge in [-0.15, -0.1) is 0 Å². The first-order valence-corrected chi connectivity index (χ1v) is 7.61. The fraction of sp³-hybridized carbons (Fsp3) is 0.294. The lowest BCUT2D eigenvalue weighted by Crippen LogP contribution is -2.22. The molecule has 0 aliphatic heterocycles. The van der Waals surface area contributed by atoms with Crippen LogP contribution in [0.4, 0.5) is 0 Å². The lowest BCUT2D eigenvalue weighted by molar-refractivity contribution is 0.0994. The number of hydrogen-bond donors (Lipinski definition) is 1. The molecular formula is C17H19N5O2. The number of nitrogens with zero attached hydrogens (tertiary/aromatic N) is 4. The summed E-state index contributed by atoms with van der Waals surface area (Å²) in [4.78, 5) is 16.7. The van der Waals surface area contributed by atoms with Gasteiger partial charge < -0.3 is 10.3 Å². The Morgan fingerprint density at radius 2 is 1.96 bits per heavy atom. The number of nitrogens with two attached hydrogens (primary N) is 1. The smallest absolute Gasteiger partial charge is 0.299 e. The van der Waals surface area contributed by atoms with Crippen molar-refractivity contribution in [3.05, 3.63) is 53.7 Å². The molecule has 0 saturated carbocycles. The van der Waals surface area contributed by atoms with E-state index in [2.05, 4.69) is 15.2 Å². The molecule has 2 aromatic heterocycles. The van der Waals surface area contributed by atoms with E-state index in [1.165, 1.54) is 6.20 Å². The summed E-state index contributed by atoms with van der Waals surface area (Å²) < 4.78 is 6.84. The highest BCUT2D eigenvalue weighted by Crippen LogP contribution is 2.19. The van der Waals surface area contributed by atoms with Crippen molar-refractivity contribution >= 4 is 5.78 Å². The van der Waals surface area contributed by atoms with Gasteiger partial charge in [0.05, 0.1) is 17.3 Å². The molecule has 3 rings (SSSR count). The number of hydrogen-bond acceptors (Lipinski definition) is 6. The van der Waals surface area contributed by atoms with Crippen molar-refractivity contribution in [1.82, 2.24) is 19.9 Å². The highest BCUT2D eigenvalue weighted by Gasteiger charge is 2.22. The van der Waals surface area contributed by atoms with E-state index in [1.807, 2.05) is 45.0 Å². The molecule has 0 aliphatic carbocycles. The molecule has 0 fully saturated rings. The molecule has 0 atom stereocenters. The standard InChI is InChI=1S/C17H19N5O2/c1-17(2,3)22-10-13(9-19-22)14(23)16-20-15(21-24-16)12-6-4-11(8-18)5-7-12/h4-7,9-10H,8,18H2,1-3H3. The molecule has 2 N–H and O–H groups in total. The minimum Gasteiger partial charge on any atom is -0.330 e. The summed E-state index contributed by atoms with van der Waals surface area (Å²) in [5.41, 5.74) is 7.56. The lowest BCUT2D eigenvalue weighted by atomic mass is 10.1. The fourth-order valence-corrected chi connectivity index (χ4v) is 2.15. The number of ketones is 1. The third kappa shape index (κ3) is 3.11. The molecule has 1 aromatic carbocycles. The zero-order chi connectivity index (χ0) is 17.3. The Balaban J connectivity index is 1.84. The highest BCUT2D eigenvalue weighted by atomic mass is 16.5. The fourth-order valence-electron chi connectivity index (χ4n) is 2.15. The van der Waals surface area contributed by atoms with Gasteiger partial charge in [-0.2, -0.15) is 10.1 Å². The van der Waals surface area contributed by atoms with Gasteiger partial charge in [0.1, 0.15) is 0 Å². The average molecular weight is 325 g/mol. The Morgan fingerprint density at radius 1 is 1.25 bits per heavy atom. The largest absolute Gasteiger partial charge is 0.330 e. The second kappa shape index (κ2) is 6.01. The van der Waals surface area contributed by atoms with Crippen LogP contribution in [0.3, 0.4) is 0 Å². The molecule has 124 valence electrons. The molecule has 3 aromatic rings. The summed E-state index contributed by atoms with van der Waals surface area (Å²) in [5.74, 6) is -0.0330. The summed E-state index contributed by atoms with van der Waals surface area (Å²) >= 11 is 0. The minimum atomic E-state index is -0.345. The van der Waals surface area contributed by atoms with Crippen LogP contribution in [-0.4, -0.2) is 25.7 Å². The highest BCUT2D eigenvalue weighted by molar-refractivity contribution is 6.05. The first-order valence-electron chi connectivity index (χ1n) is 7.61. The van der Waals surface area contributed by atoms with E-state index >= 15 is 0 Å². The Kier molecular flexibility index (Phi) is 4.02. The van der Waals surface area contributed by atoms with Crippen LogP contribution in [0.15, 0.2) is 41.2 Å². The van der Waals surface area contributed by atoms with Crippen molar-refractivity contribution in [2.75, 3.05) is 0 Å². The maximum absolute atomic E-state index is 12.5. The second-order valence-corrected chi connectivity index (χ2v) is 6.50. The minimum absolute atomic E-state index is 0.0543. The van der Waals surface area contributed by atoms with Crippen LogP contribution >= 0.6 is 0 Å². The quantitative estimate of drug-likeness (QED) is 0.739. The number of rotatable bonds is 4. The Hall–Kier alpha value is -2.80. The SMILES string of the molecule is CC(C)(C)n1cc(C(=O)c2nc(-c3ccc(CN)cc3)no2)cn1. The van der Waals surface area contributed by atoms with E-state index in [0.717, 1.165) is 11.1 Å². The number of carbonyl (C=O) groups excluding carboxylic acids is 1. The van der Waals surface area contributed by atoms with Crippen LogP contribution in [0, 0.1) is 0 Å². The molecule has 2 heterocycles. The Labute approximate surface area is 139 Å². The van der Waals surface area contributed by atoms with Crippen molar-refractivity contribution in [2.45, 2.75) is 32.9 Å². The van der Waals surface area contributed by atoms with E-state index < -0.39 is 0 Å². The van der Waals surface area contributed by atoms with Crippen LogP contribution in [0.2, 0.25) is 0 Å². The van der Waals surface area contributed by atoms with Gasteiger partial charge in [-0.05, 0) is 26.3 Å². The summed E-state index contributed by atoms with van der Waals surface area (Å²) in [6.45, 7) is 6.48. The predicted molar refractivity (Wildman–Crippen MR) is 88.3 cm³/mol. The van der Waals surface area contributed by atoms with Gasteiger partial charge in [0, 0.05) is 18.3 Å². The van der Waals surface area contributed by atoms with Crippen molar-refractivity contribution < 1.29 is 9.32 Å². The zero-order valence-corrected chi connectivity index (χ0v) is 13.9. The molecule has 0 radical (unpaired) electrons. The predicted octanol–water partition coefficient (Wildman–Crippen LogP) is 2.38.